The number of esters is 2. The Labute approximate surface area is 228 Å². The van der Waals surface area contributed by atoms with Crippen LogP contribution >= 0.6 is 0 Å². The zero-order valence-electron chi connectivity index (χ0n) is 21.8. The monoisotopic (exact) mass is 527 g/mol. The van der Waals surface area contributed by atoms with Gasteiger partial charge in [-0.05, 0) is 97.8 Å². The predicted molar refractivity (Wildman–Crippen MR) is 151 cm³/mol. The number of hydrogen-bond donors (Lipinski definition) is 2. The van der Waals surface area contributed by atoms with Crippen molar-refractivity contribution in [2.24, 2.45) is 0 Å². The maximum atomic E-state index is 12.4. The van der Waals surface area contributed by atoms with Crippen LogP contribution in [-0.2, 0) is 16.0 Å². The molecule has 0 heterocycles. The number of anilines is 2. The van der Waals surface area contributed by atoms with Crippen molar-refractivity contribution in [2.45, 2.75) is 38.5 Å². The highest BCUT2D eigenvalue weighted by atomic mass is 16.5. The van der Waals surface area contributed by atoms with Crippen LogP contribution in [0.2, 0.25) is 0 Å². The minimum absolute atomic E-state index is 0.351. The summed E-state index contributed by atoms with van der Waals surface area (Å²) in [6.45, 7) is 0.793. The average molecular weight is 528 g/mol. The molecule has 0 amide bonds. The summed E-state index contributed by atoms with van der Waals surface area (Å²) in [6, 6.07) is 21.1. The predicted octanol–water partition coefficient (Wildman–Crippen LogP) is 5.72. The quantitative estimate of drug-likeness (QED) is 0.0892. The van der Waals surface area contributed by atoms with E-state index in [1.807, 2.05) is 12.1 Å². The molecule has 3 aromatic rings. The summed E-state index contributed by atoms with van der Waals surface area (Å²) in [5.41, 5.74) is 15.3. The van der Waals surface area contributed by atoms with Crippen molar-refractivity contribution in [1.29, 1.82) is 5.26 Å². The van der Waals surface area contributed by atoms with Crippen LogP contribution in [0.3, 0.4) is 0 Å². The fourth-order valence-electron chi connectivity index (χ4n) is 3.66. The molecule has 4 N–H and O–H groups in total. The fourth-order valence-corrected chi connectivity index (χ4v) is 3.66. The fraction of sp³-hybridized carbons (Fsp3) is 0.258. The van der Waals surface area contributed by atoms with E-state index in [0.29, 0.717) is 54.5 Å². The van der Waals surface area contributed by atoms with Crippen molar-refractivity contribution in [1.82, 2.24) is 0 Å². The number of nitrogens with two attached hydrogens (primary N) is 2. The van der Waals surface area contributed by atoms with Crippen molar-refractivity contribution < 1.29 is 23.8 Å². The molecule has 8 heteroatoms. The Bertz CT molecular complexity index is 1300. The molecule has 39 heavy (non-hydrogen) atoms. The van der Waals surface area contributed by atoms with Crippen LogP contribution in [0, 0.1) is 11.3 Å². The molecule has 8 nitrogen and oxygen atoms in total. The van der Waals surface area contributed by atoms with Gasteiger partial charge in [0.1, 0.15) is 11.5 Å². The lowest BCUT2D eigenvalue weighted by molar-refractivity contribution is -0.137. The molecule has 0 saturated heterocycles. The standard InChI is InChI=1S/C31H33N3O5/c32-19-3-5-20-37-27-16-11-25(12-17-27)31(36)39-28-14-7-23(8-15-28)9-18-30(35)38-21-4-1-2-6-24-10-13-26(33)22-29(24)34/h7-18,22H,1-6,20-21,33-34H2/b18-9+. The first-order chi connectivity index (χ1) is 18.9. The highest BCUT2D eigenvalue weighted by Gasteiger charge is 2.09. The lowest BCUT2D eigenvalue weighted by atomic mass is 10.0. The van der Waals surface area contributed by atoms with Crippen molar-refractivity contribution in [3.05, 3.63) is 89.5 Å². The van der Waals surface area contributed by atoms with Crippen molar-refractivity contribution in [3.8, 4) is 17.6 Å². The lowest BCUT2D eigenvalue weighted by Gasteiger charge is -2.07. The van der Waals surface area contributed by atoms with Gasteiger partial charge in [0.2, 0.25) is 0 Å². The van der Waals surface area contributed by atoms with Crippen LogP contribution in [0.15, 0.2) is 72.8 Å². The number of benzene rings is 3. The number of nitrogens with zero attached hydrogens (tertiary/aromatic N) is 1. The molecule has 3 rings (SSSR count). The molecule has 0 spiro atoms. The van der Waals surface area contributed by atoms with Crippen LogP contribution in [0.25, 0.3) is 6.08 Å². The third-order valence-electron chi connectivity index (χ3n) is 5.80. The van der Waals surface area contributed by atoms with Crippen LogP contribution in [0.5, 0.6) is 11.5 Å². The molecule has 0 unspecified atom stereocenters. The molecule has 0 atom stereocenters. The van der Waals surface area contributed by atoms with Gasteiger partial charge in [-0.1, -0.05) is 18.2 Å². The Morgan fingerprint density at radius 2 is 1.59 bits per heavy atom. The Morgan fingerprint density at radius 3 is 2.31 bits per heavy atom. The minimum atomic E-state index is -0.491. The SMILES string of the molecule is N#CCCCOc1ccc(C(=O)Oc2ccc(/C=C/C(=O)OCCCCCc3ccc(N)cc3N)cc2)cc1. The minimum Gasteiger partial charge on any atom is -0.494 e. The van der Waals surface area contributed by atoms with E-state index >= 15 is 0 Å². The van der Waals surface area contributed by atoms with E-state index in [1.165, 1.54) is 6.08 Å². The number of nitrogen functional groups attached to an aromatic ring is 2. The average Bonchev–Trinajstić information content (AvgIpc) is 2.94. The van der Waals surface area contributed by atoms with Gasteiger partial charge >= 0.3 is 11.9 Å². The number of rotatable bonds is 14. The van der Waals surface area contributed by atoms with E-state index in [2.05, 4.69) is 6.07 Å². The Hall–Kier alpha value is -4.77. The zero-order chi connectivity index (χ0) is 27.9. The van der Waals surface area contributed by atoms with Crippen LogP contribution in [0.1, 0.15) is 53.6 Å². The third kappa shape index (κ3) is 10.3. The normalized spacial score (nSPS) is 10.6. The number of carbonyl (C=O) groups is 2. The van der Waals surface area contributed by atoms with E-state index in [0.717, 1.165) is 36.8 Å². The number of aryl methyl sites for hydroxylation is 1. The van der Waals surface area contributed by atoms with Gasteiger partial charge in [-0.3, -0.25) is 0 Å². The molecule has 0 fully saturated rings. The number of ether oxygens (including phenoxy) is 3. The molecular formula is C31H33N3O5. The van der Waals surface area contributed by atoms with Gasteiger partial charge in [0.25, 0.3) is 0 Å². The highest BCUT2D eigenvalue weighted by molar-refractivity contribution is 5.91. The van der Waals surface area contributed by atoms with Gasteiger partial charge in [-0.15, -0.1) is 0 Å². The maximum absolute atomic E-state index is 12.4. The molecule has 202 valence electrons. The summed E-state index contributed by atoms with van der Waals surface area (Å²) in [7, 11) is 0. The van der Waals surface area contributed by atoms with Crippen molar-refractivity contribution >= 4 is 29.4 Å². The molecule has 0 aliphatic rings. The van der Waals surface area contributed by atoms with E-state index in [4.69, 9.17) is 30.9 Å². The molecular weight excluding hydrogens is 494 g/mol. The maximum Gasteiger partial charge on any atom is 0.343 e. The van der Waals surface area contributed by atoms with E-state index < -0.39 is 11.9 Å². The largest absolute Gasteiger partial charge is 0.494 e. The smallest absolute Gasteiger partial charge is 0.343 e. The van der Waals surface area contributed by atoms with Crippen LogP contribution < -0.4 is 20.9 Å². The second kappa shape index (κ2) is 15.5. The first kappa shape index (κ1) is 28.8. The summed E-state index contributed by atoms with van der Waals surface area (Å²) in [5.74, 6) is 0.108. The summed E-state index contributed by atoms with van der Waals surface area (Å²) in [4.78, 5) is 24.4. The molecule has 0 saturated carbocycles. The molecule has 0 radical (unpaired) electrons. The summed E-state index contributed by atoms with van der Waals surface area (Å²) < 4.78 is 16.2. The zero-order valence-corrected chi connectivity index (χ0v) is 21.8. The molecule has 0 aliphatic heterocycles. The van der Waals surface area contributed by atoms with Crippen LogP contribution in [-0.4, -0.2) is 25.2 Å². The first-order valence-electron chi connectivity index (χ1n) is 12.9. The number of nitriles is 1. The number of carbonyl (C=O) groups excluding carboxylic acids is 2. The highest BCUT2D eigenvalue weighted by Crippen LogP contribution is 2.19. The summed E-state index contributed by atoms with van der Waals surface area (Å²) in [6.07, 6.45) is 7.60. The van der Waals surface area contributed by atoms with Crippen molar-refractivity contribution in [3.63, 3.8) is 0 Å². The van der Waals surface area contributed by atoms with Crippen molar-refractivity contribution in [2.75, 3.05) is 24.7 Å². The Morgan fingerprint density at radius 1 is 0.846 bits per heavy atom. The second-order valence-corrected chi connectivity index (χ2v) is 8.86. The van der Waals surface area contributed by atoms with Gasteiger partial charge in [0, 0.05) is 23.9 Å². The summed E-state index contributed by atoms with van der Waals surface area (Å²) in [5, 5.41) is 8.55. The first-order valence-corrected chi connectivity index (χ1v) is 12.9. The van der Waals surface area contributed by atoms with E-state index in [1.54, 1.807) is 60.7 Å². The topological polar surface area (TPSA) is 138 Å². The molecule has 0 bridgehead atoms. The second-order valence-electron chi connectivity index (χ2n) is 8.86. The van der Waals surface area contributed by atoms with Gasteiger partial charge in [-0.25, -0.2) is 9.59 Å². The lowest BCUT2D eigenvalue weighted by Crippen LogP contribution is -2.08. The number of hydrogen-bond acceptors (Lipinski definition) is 8. The van der Waals surface area contributed by atoms with Gasteiger partial charge in [0.15, 0.2) is 0 Å². The van der Waals surface area contributed by atoms with Gasteiger partial charge in [0.05, 0.1) is 24.8 Å². The molecule has 0 aromatic heterocycles. The number of unbranched alkanes of at least 4 members (excludes halogenated alkanes) is 3. The Balaban J connectivity index is 1.34. The summed E-state index contributed by atoms with van der Waals surface area (Å²) >= 11 is 0. The molecule has 0 aliphatic carbocycles. The van der Waals surface area contributed by atoms with Gasteiger partial charge in [-0.2, -0.15) is 5.26 Å². The third-order valence-corrected chi connectivity index (χ3v) is 5.80. The van der Waals surface area contributed by atoms with Crippen LogP contribution in [0.4, 0.5) is 11.4 Å². The Kier molecular flexibility index (Phi) is 11.4. The molecule has 3 aromatic carbocycles. The van der Waals surface area contributed by atoms with Gasteiger partial charge < -0.3 is 25.7 Å². The van der Waals surface area contributed by atoms with E-state index in [-0.39, 0.29) is 0 Å². The van der Waals surface area contributed by atoms with E-state index in [9.17, 15) is 9.59 Å².